The summed E-state index contributed by atoms with van der Waals surface area (Å²) in [6.07, 6.45) is -0.143. The Morgan fingerprint density at radius 3 is 2.60 bits per heavy atom. The van der Waals surface area contributed by atoms with Crippen LogP contribution in [0.25, 0.3) is 0 Å². The van der Waals surface area contributed by atoms with Crippen LogP contribution in [0.2, 0.25) is 0 Å². The Morgan fingerprint density at radius 1 is 1.12 bits per heavy atom. The summed E-state index contributed by atoms with van der Waals surface area (Å²) in [6.45, 7) is 5.64. The second kappa shape index (κ2) is 9.28. The molecule has 0 radical (unpaired) electrons. The minimum atomic E-state index is -0.320. The molecule has 2 aromatic carbocycles. The summed E-state index contributed by atoms with van der Waals surface area (Å²) in [6, 6.07) is 15.0. The molecule has 0 aliphatic rings. The average Bonchev–Trinajstić information content (AvgIpc) is 2.54. The van der Waals surface area contributed by atoms with E-state index in [1.54, 1.807) is 6.07 Å². The normalized spacial score (nSPS) is 10.6. The molecule has 0 fully saturated rings. The van der Waals surface area contributed by atoms with Gasteiger partial charge in [0.05, 0.1) is 17.4 Å². The number of benzene rings is 2. The Labute approximate surface area is 153 Å². The maximum atomic E-state index is 12.0. The Morgan fingerprint density at radius 2 is 1.88 bits per heavy atom. The van der Waals surface area contributed by atoms with Gasteiger partial charge in [-0.1, -0.05) is 24.3 Å². The number of amides is 1. The molecule has 2 rings (SSSR count). The molecule has 0 unspecified atom stereocenters. The molecule has 0 atom stereocenters. The average molecular weight is 357 g/mol. The molecule has 4 nitrogen and oxygen atoms in total. The monoisotopic (exact) mass is 357 g/mol. The van der Waals surface area contributed by atoms with E-state index in [0.29, 0.717) is 17.1 Å². The van der Waals surface area contributed by atoms with Gasteiger partial charge in [-0.3, -0.25) is 4.79 Å². The van der Waals surface area contributed by atoms with E-state index >= 15 is 0 Å². The smallest absolute Gasteiger partial charge is 0.338 e. The summed E-state index contributed by atoms with van der Waals surface area (Å²) in [4.78, 5) is 23.9. The number of carbonyl (C=O) groups is 2. The molecule has 0 spiro atoms. The van der Waals surface area contributed by atoms with Crippen LogP contribution in [-0.4, -0.2) is 23.7 Å². The van der Waals surface area contributed by atoms with Crippen molar-refractivity contribution in [3.05, 3.63) is 65.2 Å². The zero-order chi connectivity index (χ0) is 18.2. The molecule has 0 heterocycles. The van der Waals surface area contributed by atoms with Crippen LogP contribution in [0.3, 0.4) is 0 Å². The molecule has 1 N–H and O–H groups in total. The van der Waals surface area contributed by atoms with Crippen molar-refractivity contribution in [2.45, 2.75) is 32.6 Å². The second-order valence-electron chi connectivity index (χ2n) is 6.06. The molecule has 1 amide bonds. The summed E-state index contributed by atoms with van der Waals surface area (Å²) in [5.41, 5.74) is 3.45. The van der Waals surface area contributed by atoms with Gasteiger partial charge in [0, 0.05) is 11.4 Å². The highest BCUT2D eigenvalue weighted by Crippen LogP contribution is 2.16. The van der Waals surface area contributed by atoms with E-state index in [4.69, 9.17) is 4.74 Å². The lowest BCUT2D eigenvalue weighted by molar-refractivity contribution is -0.113. The number of thioether (sulfide) groups is 1. The number of nitrogens with one attached hydrogen (secondary N) is 1. The van der Waals surface area contributed by atoms with Crippen LogP contribution < -0.4 is 5.32 Å². The van der Waals surface area contributed by atoms with Gasteiger partial charge < -0.3 is 10.1 Å². The highest BCUT2D eigenvalue weighted by Gasteiger charge is 2.10. The van der Waals surface area contributed by atoms with Crippen LogP contribution >= 0.6 is 11.8 Å². The fourth-order valence-corrected chi connectivity index (χ4v) is 3.03. The van der Waals surface area contributed by atoms with Gasteiger partial charge in [0.25, 0.3) is 0 Å². The van der Waals surface area contributed by atoms with Crippen molar-refractivity contribution in [2.75, 3.05) is 11.1 Å². The van der Waals surface area contributed by atoms with E-state index in [1.807, 2.05) is 63.2 Å². The molecule has 25 heavy (non-hydrogen) atoms. The minimum Gasteiger partial charge on any atom is -0.459 e. The standard InChI is InChI=1S/C20H23NO3S/c1-14(2)24-20(23)17-8-5-7-16(11-17)12-25-13-19(22)21-18-9-4-6-15(3)10-18/h4-11,14H,12-13H2,1-3H3,(H,21,22). The maximum absolute atomic E-state index is 12.0. The number of anilines is 1. The first-order valence-corrected chi connectivity index (χ1v) is 9.33. The van der Waals surface area contributed by atoms with Crippen molar-refractivity contribution in [1.29, 1.82) is 0 Å². The lowest BCUT2D eigenvalue weighted by atomic mass is 10.1. The molecule has 5 heteroatoms. The molecule has 0 saturated heterocycles. The quantitative estimate of drug-likeness (QED) is 0.745. The lowest BCUT2D eigenvalue weighted by Gasteiger charge is -2.09. The first-order valence-electron chi connectivity index (χ1n) is 8.18. The molecule has 132 valence electrons. The zero-order valence-electron chi connectivity index (χ0n) is 14.7. The molecule has 0 aliphatic carbocycles. The molecule has 0 bridgehead atoms. The van der Waals surface area contributed by atoms with Crippen molar-refractivity contribution in [1.82, 2.24) is 0 Å². The van der Waals surface area contributed by atoms with E-state index in [0.717, 1.165) is 16.8 Å². The number of aryl methyl sites for hydroxylation is 1. The Hall–Kier alpha value is -2.27. The van der Waals surface area contributed by atoms with Gasteiger partial charge >= 0.3 is 5.97 Å². The molecular weight excluding hydrogens is 334 g/mol. The van der Waals surface area contributed by atoms with Gasteiger partial charge in [-0.05, 0) is 56.2 Å². The number of carbonyl (C=O) groups excluding carboxylic acids is 2. The lowest BCUT2D eigenvalue weighted by Crippen LogP contribution is -2.14. The summed E-state index contributed by atoms with van der Waals surface area (Å²) in [7, 11) is 0. The van der Waals surface area contributed by atoms with Crippen LogP contribution in [0.4, 0.5) is 5.69 Å². The van der Waals surface area contributed by atoms with Gasteiger partial charge in [-0.25, -0.2) is 4.79 Å². The topological polar surface area (TPSA) is 55.4 Å². The summed E-state index contributed by atoms with van der Waals surface area (Å²) in [5, 5.41) is 2.89. The van der Waals surface area contributed by atoms with Gasteiger partial charge in [0.15, 0.2) is 0 Å². The number of ether oxygens (including phenoxy) is 1. The summed E-state index contributed by atoms with van der Waals surface area (Å²) < 4.78 is 5.20. The number of hydrogen-bond donors (Lipinski definition) is 1. The molecule has 0 saturated carbocycles. The third-order valence-corrected chi connectivity index (χ3v) is 4.31. The minimum absolute atomic E-state index is 0.0361. The van der Waals surface area contributed by atoms with Gasteiger partial charge in [0.2, 0.25) is 5.91 Å². The van der Waals surface area contributed by atoms with Gasteiger partial charge in [-0.15, -0.1) is 11.8 Å². The highest BCUT2D eigenvalue weighted by molar-refractivity contribution is 7.99. The van der Waals surface area contributed by atoms with Gasteiger partial charge in [0.1, 0.15) is 0 Å². The van der Waals surface area contributed by atoms with E-state index in [1.165, 1.54) is 11.8 Å². The fraction of sp³-hybridized carbons (Fsp3) is 0.300. The van der Waals surface area contributed by atoms with Gasteiger partial charge in [-0.2, -0.15) is 0 Å². The zero-order valence-corrected chi connectivity index (χ0v) is 15.6. The predicted molar refractivity (Wildman–Crippen MR) is 103 cm³/mol. The van der Waals surface area contributed by atoms with Crippen LogP contribution in [0.5, 0.6) is 0 Å². The van der Waals surface area contributed by atoms with Crippen LogP contribution in [-0.2, 0) is 15.3 Å². The van der Waals surface area contributed by atoms with Crippen molar-refractivity contribution in [3.63, 3.8) is 0 Å². The number of hydrogen-bond acceptors (Lipinski definition) is 4. The van der Waals surface area contributed by atoms with E-state index in [9.17, 15) is 9.59 Å². The summed E-state index contributed by atoms with van der Waals surface area (Å²) >= 11 is 1.51. The largest absolute Gasteiger partial charge is 0.459 e. The molecule has 0 aliphatic heterocycles. The molecule has 0 aromatic heterocycles. The van der Waals surface area contributed by atoms with Crippen molar-refractivity contribution in [2.24, 2.45) is 0 Å². The van der Waals surface area contributed by atoms with Crippen LogP contribution in [0, 0.1) is 6.92 Å². The number of rotatable bonds is 7. The molecular formula is C20H23NO3S. The fourth-order valence-electron chi connectivity index (χ4n) is 2.25. The predicted octanol–water partition coefficient (Wildman–Crippen LogP) is 4.43. The Bertz CT molecular complexity index is 743. The van der Waals surface area contributed by atoms with E-state index in [-0.39, 0.29) is 18.0 Å². The Kier molecular flexibility index (Phi) is 7.07. The maximum Gasteiger partial charge on any atom is 0.338 e. The van der Waals surface area contributed by atoms with Crippen molar-refractivity contribution >= 4 is 29.3 Å². The van der Waals surface area contributed by atoms with E-state index in [2.05, 4.69) is 5.32 Å². The van der Waals surface area contributed by atoms with E-state index < -0.39 is 0 Å². The SMILES string of the molecule is Cc1cccc(NC(=O)CSCc2cccc(C(=O)OC(C)C)c2)c1. The first kappa shape index (κ1) is 19.1. The third kappa shape index (κ3) is 6.63. The molecule has 2 aromatic rings. The van der Waals surface area contributed by atoms with Crippen LogP contribution in [0.1, 0.15) is 35.3 Å². The highest BCUT2D eigenvalue weighted by atomic mass is 32.2. The first-order chi connectivity index (χ1) is 11.9. The Balaban J connectivity index is 1.83. The third-order valence-electron chi connectivity index (χ3n) is 3.31. The number of esters is 1. The van der Waals surface area contributed by atoms with Crippen LogP contribution in [0.15, 0.2) is 48.5 Å². The van der Waals surface area contributed by atoms with Crippen molar-refractivity contribution in [3.8, 4) is 0 Å². The second-order valence-corrected chi connectivity index (χ2v) is 7.05. The summed E-state index contributed by atoms with van der Waals surface area (Å²) in [5.74, 6) is 0.656. The van der Waals surface area contributed by atoms with Crippen molar-refractivity contribution < 1.29 is 14.3 Å².